The van der Waals surface area contributed by atoms with Crippen molar-refractivity contribution in [3.8, 4) is 23.0 Å². The standard InChI is InChI=1S/C15H14O6/c16-8-2-3-9-12(6-8)21-15(14(20)13(9)19)7-1-4-10(17)11(18)5-7/h1-6,13-20H/t13?,14?,15-/m1/s1. The van der Waals surface area contributed by atoms with Gasteiger partial charge in [0.25, 0.3) is 0 Å². The van der Waals surface area contributed by atoms with Crippen LogP contribution in [0.25, 0.3) is 0 Å². The summed E-state index contributed by atoms with van der Waals surface area (Å²) in [6, 6.07) is 8.21. The number of rotatable bonds is 1. The largest absolute Gasteiger partial charge is 0.508 e. The Labute approximate surface area is 120 Å². The Morgan fingerprint density at radius 3 is 2.33 bits per heavy atom. The monoisotopic (exact) mass is 290 g/mol. The van der Waals surface area contributed by atoms with Crippen molar-refractivity contribution in [2.45, 2.75) is 18.3 Å². The van der Waals surface area contributed by atoms with Crippen molar-refractivity contribution in [3.63, 3.8) is 0 Å². The van der Waals surface area contributed by atoms with Gasteiger partial charge in [0.15, 0.2) is 17.6 Å². The molecule has 0 saturated carbocycles. The molecule has 2 unspecified atom stereocenters. The predicted octanol–water partition coefficient (Wildman–Crippen LogP) is 1.33. The quantitative estimate of drug-likeness (QED) is 0.507. The molecular formula is C15H14O6. The van der Waals surface area contributed by atoms with Crippen LogP contribution in [0.5, 0.6) is 23.0 Å². The number of phenols is 3. The molecule has 0 amide bonds. The number of ether oxygens (including phenoxy) is 1. The summed E-state index contributed by atoms with van der Waals surface area (Å²) in [6.45, 7) is 0. The minimum atomic E-state index is -1.24. The van der Waals surface area contributed by atoms with E-state index in [-0.39, 0.29) is 23.0 Å². The van der Waals surface area contributed by atoms with Crippen molar-refractivity contribution in [2.24, 2.45) is 0 Å². The number of aliphatic hydroxyl groups excluding tert-OH is 2. The molecule has 1 heterocycles. The maximum Gasteiger partial charge on any atom is 0.157 e. The van der Waals surface area contributed by atoms with E-state index in [1.54, 1.807) is 0 Å². The molecule has 1 aliphatic heterocycles. The van der Waals surface area contributed by atoms with E-state index in [0.717, 1.165) is 0 Å². The second kappa shape index (κ2) is 4.83. The lowest BCUT2D eigenvalue weighted by molar-refractivity contribution is -0.0701. The Balaban J connectivity index is 2.02. The number of hydrogen-bond donors (Lipinski definition) is 5. The molecule has 5 N–H and O–H groups in total. The molecule has 0 aliphatic carbocycles. The number of phenolic OH excluding ortho intramolecular Hbond substituents is 3. The van der Waals surface area contributed by atoms with Crippen LogP contribution in [0, 0.1) is 0 Å². The van der Waals surface area contributed by atoms with Crippen molar-refractivity contribution in [1.29, 1.82) is 0 Å². The maximum absolute atomic E-state index is 10.2. The fourth-order valence-corrected chi connectivity index (χ4v) is 2.41. The van der Waals surface area contributed by atoms with Gasteiger partial charge >= 0.3 is 0 Å². The third-order valence-corrected chi connectivity index (χ3v) is 3.53. The number of benzene rings is 2. The summed E-state index contributed by atoms with van der Waals surface area (Å²) in [5.74, 6) is -0.405. The third kappa shape index (κ3) is 2.24. The second-order valence-corrected chi connectivity index (χ2v) is 4.94. The fraction of sp³-hybridized carbons (Fsp3) is 0.200. The summed E-state index contributed by atoms with van der Waals surface area (Å²) in [5.41, 5.74) is 0.769. The lowest BCUT2D eigenvalue weighted by Crippen LogP contribution is -2.34. The lowest BCUT2D eigenvalue weighted by Gasteiger charge is -2.34. The summed E-state index contributed by atoms with van der Waals surface area (Å²) in [6.07, 6.45) is -3.36. The topological polar surface area (TPSA) is 110 Å². The summed E-state index contributed by atoms with van der Waals surface area (Å²) in [7, 11) is 0. The van der Waals surface area contributed by atoms with E-state index < -0.39 is 18.3 Å². The highest BCUT2D eigenvalue weighted by molar-refractivity contribution is 5.46. The molecule has 3 rings (SSSR count). The normalized spacial score (nSPS) is 24.2. The van der Waals surface area contributed by atoms with Gasteiger partial charge in [-0.2, -0.15) is 0 Å². The van der Waals surface area contributed by atoms with Gasteiger partial charge in [0.05, 0.1) is 0 Å². The van der Waals surface area contributed by atoms with E-state index in [1.165, 1.54) is 36.4 Å². The van der Waals surface area contributed by atoms with Gasteiger partial charge in [0, 0.05) is 11.6 Å². The minimum Gasteiger partial charge on any atom is -0.508 e. The van der Waals surface area contributed by atoms with Crippen LogP contribution in [0.1, 0.15) is 23.3 Å². The Morgan fingerprint density at radius 2 is 1.62 bits per heavy atom. The van der Waals surface area contributed by atoms with Crippen molar-refractivity contribution in [1.82, 2.24) is 0 Å². The molecule has 6 heteroatoms. The molecule has 1 aliphatic rings. The smallest absolute Gasteiger partial charge is 0.157 e. The van der Waals surface area contributed by atoms with Gasteiger partial charge in [0.1, 0.15) is 23.7 Å². The van der Waals surface area contributed by atoms with Gasteiger partial charge < -0.3 is 30.3 Å². The molecule has 0 radical (unpaired) electrons. The highest BCUT2D eigenvalue weighted by Crippen LogP contribution is 2.43. The van der Waals surface area contributed by atoms with E-state index in [1.807, 2.05) is 0 Å². The SMILES string of the molecule is Oc1ccc2c(c1)O[C@H](c1ccc(O)c(O)c1)C(O)C2O. The van der Waals surface area contributed by atoms with Gasteiger partial charge in [-0.1, -0.05) is 6.07 Å². The van der Waals surface area contributed by atoms with Gasteiger partial charge in [-0.15, -0.1) is 0 Å². The first-order valence-electron chi connectivity index (χ1n) is 6.35. The van der Waals surface area contributed by atoms with Crippen LogP contribution in [-0.2, 0) is 0 Å². The number of aliphatic hydroxyl groups is 2. The summed E-state index contributed by atoms with van der Waals surface area (Å²) < 4.78 is 5.61. The predicted molar refractivity (Wildman–Crippen MR) is 72.2 cm³/mol. The zero-order valence-corrected chi connectivity index (χ0v) is 10.8. The van der Waals surface area contributed by atoms with Crippen LogP contribution in [0.2, 0.25) is 0 Å². The Hall–Kier alpha value is -2.44. The van der Waals surface area contributed by atoms with Crippen LogP contribution in [0.4, 0.5) is 0 Å². The molecule has 6 nitrogen and oxygen atoms in total. The molecule has 0 bridgehead atoms. The lowest BCUT2D eigenvalue weighted by atomic mass is 9.92. The first-order valence-corrected chi connectivity index (χ1v) is 6.35. The molecule has 2 aromatic carbocycles. The van der Waals surface area contributed by atoms with Gasteiger partial charge in [-0.3, -0.25) is 0 Å². The van der Waals surface area contributed by atoms with Crippen LogP contribution >= 0.6 is 0 Å². The first kappa shape index (κ1) is 13.5. The zero-order chi connectivity index (χ0) is 15.1. The molecule has 0 saturated heterocycles. The van der Waals surface area contributed by atoms with E-state index in [4.69, 9.17) is 4.74 Å². The molecule has 3 atom stereocenters. The van der Waals surface area contributed by atoms with Crippen molar-refractivity contribution in [2.75, 3.05) is 0 Å². The molecule has 2 aromatic rings. The average Bonchev–Trinajstić information content (AvgIpc) is 2.45. The van der Waals surface area contributed by atoms with Crippen LogP contribution in [-0.4, -0.2) is 31.6 Å². The number of hydrogen-bond acceptors (Lipinski definition) is 6. The van der Waals surface area contributed by atoms with E-state index in [9.17, 15) is 25.5 Å². The molecule has 0 spiro atoms. The summed E-state index contributed by atoms with van der Waals surface area (Å²) in [4.78, 5) is 0. The summed E-state index contributed by atoms with van der Waals surface area (Å²) in [5, 5.41) is 48.7. The fourth-order valence-electron chi connectivity index (χ4n) is 2.41. The van der Waals surface area contributed by atoms with Gasteiger partial charge in [-0.05, 0) is 29.8 Å². The Morgan fingerprint density at radius 1 is 0.857 bits per heavy atom. The third-order valence-electron chi connectivity index (χ3n) is 3.53. The van der Waals surface area contributed by atoms with E-state index in [2.05, 4.69) is 0 Å². The van der Waals surface area contributed by atoms with Crippen LogP contribution in [0.3, 0.4) is 0 Å². The first-order chi connectivity index (χ1) is 9.97. The molecule has 0 aromatic heterocycles. The van der Waals surface area contributed by atoms with Crippen molar-refractivity contribution < 1.29 is 30.3 Å². The minimum absolute atomic E-state index is 0.0235. The Bertz CT molecular complexity index is 684. The zero-order valence-electron chi connectivity index (χ0n) is 10.8. The maximum atomic E-state index is 10.2. The molecule has 110 valence electrons. The highest BCUT2D eigenvalue weighted by Gasteiger charge is 2.37. The number of aromatic hydroxyl groups is 3. The molecule has 0 fully saturated rings. The molecular weight excluding hydrogens is 276 g/mol. The van der Waals surface area contributed by atoms with Crippen LogP contribution in [0.15, 0.2) is 36.4 Å². The number of fused-ring (bicyclic) bond motifs is 1. The van der Waals surface area contributed by atoms with Crippen molar-refractivity contribution in [3.05, 3.63) is 47.5 Å². The highest BCUT2D eigenvalue weighted by atomic mass is 16.5. The van der Waals surface area contributed by atoms with Crippen LogP contribution < -0.4 is 4.74 Å². The average molecular weight is 290 g/mol. The van der Waals surface area contributed by atoms with E-state index in [0.29, 0.717) is 11.1 Å². The second-order valence-electron chi connectivity index (χ2n) is 4.94. The van der Waals surface area contributed by atoms with Gasteiger partial charge in [0.2, 0.25) is 0 Å². The Kier molecular flexibility index (Phi) is 3.12. The van der Waals surface area contributed by atoms with Crippen molar-refractivity contribution >= 4 is 0 Å². The van der Waals surface area contributed by atoms with Gasteiger partial charge in [-0.25, -0.2) is 0 Å². The molecule has 21 heavy (non-hydrogen) atoms. The summed E-state index contributed by atoms with van der Waals surface area (Å²) >= 11 is 0. The van der Waals surface area contributed by atoms with E-state index >= 15 is 0 Å².